The summed E-state index contributed by atoms with van der Waals surface area (Å²) in [5.74, 6) is 0.0492. The van der Waals surface area contributed by atoms with Crippen LogP contribution >= 0.6 is 0 Å². The maximum atomic E-state index is 11.7. The highest BCUT2D eigenvalue weighted by Crippen LogP contribution is 2.20. The first-order valence-electron chi connectivity index (χ1n) is 5.72. The van der Waals surface area contributed by atoms with E-state index in [-0.39, 0.29) is 18.0 Å². The third-order valence-corrected chi connectivity index (χ3v) is 3.84. The first-order valence-corrected chi connectivity index (χ1v) is 7.37. The van der Waals surface area contributed by atoms with Crippen LogP contribution in [0.15, 0.2) is 33.4 Å². The second-order valence-corrected chi connectivity index (χ2v) is 5.88. The van der Waals surface area contributed by atoms with Crippen LogP contribution in [0.25, 0.3) is 11.5 Å². The Morgan fingerprint density at radius 2 is 2.20 bits per heavy atom. The Morgan fingerprint density at radius 1 is 1.40 bits per heavy atom. The molecule has 2 aromatic rings. The van der Waals surface area contributed by atoms with Crippen LogP contribution in [0.5, 0.6) is 0 Å². The predicted octanol–water partition coefficient (Wildman–Crippen LogP) is 0.214. The molecule has 0 atom stereocenters. The second-order valence-electron chi connectivity index (χ2n) is 3.83. The molecule has 0 aliphatic heterocycles. The summed E-state index contributed by atoms with van der Waals surface area (Å²) in [7, 11) is -2.04. The summed E-state index contributed by atoms with van der Waals surface area (Å²) in [6.07, 6.45) is 1.47. The van der Waals surface area contributed by atoms with Crippen molar-refractivity contribution in [2.45, 2.75) is 0 Å². The second kappa shape index (κ2) is 5.88. The van der Waals surface area contributed by atoms with Crippen LogP contribution in [0, 0.1) is 0 Å². The molecule has 0 spiro atoms. The molecule has 0 saturated heterocycles. The lowest BCUT2D eigenvalue weighted by Crippen LogP contribution is -2.33. The Morgan fingerprint density at radius 3 is 2.85 bits per heavy atom. The third kappa shape index (κ3) is 3.45. The van der Waals surface area contributed by atoms with Gasteiger partial charge in [-0.25, -0.2) is 13.1 Å². The average Bonchev–Trinajstić information content (AvgIpc) is 3.09. The van der Waals surface area contributed by atoms with Crippen molar-refractivity contribution in [3.05, 3.63) is 30.2 Å². The Bertz CT molecular complexity index is 675. The van der Waals surface area contributed by atoms with E-state index < -0.39 is 15.9 Å². The summed E-state index contributed by atoms with van der Waals surface area (Å²) in [5, 5.41) is 6.03. The topological polar surface area (TPSA) is 114 Å². The molecule has 0 aromatic carbocycles. The van der Waals surface area contributed by atoms with Gasteiger partial charge in [0.25, 0.3) is 5.91 Å². The molecule has 8 nitrogen and oxygen atoms in total. The summed E-state index contributed by atoms with van der Waals surface area (Å²) in [4.78, 5) is 11.7. The molecule has 0 unspecified atom stereocenters. The van der Waals surface area contributed by atoms with E-state index in [1.165, 1.54) is 19.4 Å². The molecular weight excluding hydrogens is 286 g/mol. The molecule has 0 saturated carbocycles. The van der Waals surface area contributed by atoms with Crippen molar-refractivity contribution in [1.82, 2.24) is 15.2 Å². The quantitative estimate of drug-likeness (QED) is 0.788. The van der Waals surface area contributed by atoms with Gasteiger partial charge in [0.15, 0.2) is 11.5 Å². The molecule has 9 heteroatoms. The lowest BCUT2D eigenvalue weighted by atomic mass is 10.3. The van der Waals surface area contributed by atoms with Gasteiger partial charge in [0.1, 0.15) is 0 Å². The maximum Gasteiger partial charge on any atom is 0.273 e. The van der Waals surface area contributed by atoms with Gasteiger partial charge in [0.2, 0.25) is 15.8 Å². The molecule has 1 amide bonds. The standard InChI is InChI=1S/C11H13N3O5S/c1-12-20(16,17)6-4-13-11(15)8-7-10(19-14-8)9-3-2-5-18-9/h2-3,5,7,12H,4,6H2,1H3,(H,13,15). The van der Waals surface area contributed by atoms with E-state index >= 15 is 0 Å². The van der Waals surface area contributed by atoms with E-state index in [1.807, 2.05) is 0 Å². The highest BCUT2D eigenvalue weighted by Gasteiger charge is 2.15. The van der Waals surface area contributed by atoms with Crippen molar-refractivity contribution in [2.75, 3.05) is 19.3 Å². The minimum Gasteiger partial charge on any atom is -0.461 e. The number of furan rings is 1. The highest BCUT2D eigenvalue weighted by atomic mass is 32.2. The lowest BCUT2D eigenvalue weighted by Gasteiger charge is -2.03. The van der Waals surface area contributed by atoms with Gasteiger partial charge in [-0.1, -0.05) is 5.16 Å². The number of hydrogen-bond donors (Lipinski definition) is 2. The number of nitrogens with one attached hydrogen (secondary N) is 2. The number of amides is 1. The van der Waals surface area contributed by atoms with E-state index in [2.05, 4.69) is 15.2 Å². The molecular formula is C11H13N3O5S. The van der Waals surface area contributed by atoms with Gasteiger partial charge in [-0.05, 0) is 19.2 Å². The smallest absolute Gasteiger partial charge is 0.273 e. The summed E-state index contributed by atoms with van der Waals surface area (Å²) in [6.45, 7) is -0.0229. The number of hydrogen-bond acceptors (Lipinski definition) is 6. The predicted molar refractivity (Wildman–Crippen MR) is 69.4 cm³/mol. The van der Waals surface area contributed by atoms with E-state index in [4.69, 9.17) is 8.94 Å². The van der Waals surface area contributed by atoms with Crippen LogP contribution in [0.1, 0.15) is 10.5 Å². The first kappa shape index (κ1) is 14.3. The van der Waals surface area contributed by atoms with Crippen LogP contribution in [0.4, 0.5) is 0 Å². The Kier molecular flexibility index (Phi) is 4.20. The Labute approximate surface area is 115 Å². The van der Waals surface area contributed by atoms with Crippen molar-refractivity contribution >= 4 is 15.9 Å². The van der Waals surface area contributed by atoms with Crippen LogP contribution in [0.3, 0.4) is 0 Å². The molecule has 0 aliphatic rings. The molecule has 2 N–H and O–H groups in total. The average molecular weight is 299 g/mol. The number of nitrogens with zero attached hydrogens (tertiary/aromatic N) is 1. The van der Waals surface area contributed by atoms with Crippen molar-refractivity contribution < 1.29 is 22.2 Å². The number of sulfonamides is 1. The fraction of sp³-hybridized carbons (Fsp3) is 0.273. The van der Waals surface area contributed by atoms with Crippen LogP contribution in [-0.2, 0) is 10.0 Å². The van der Waals surface area contributed by atoms with Gasteiger partial charge < -0.3 is 14.3 Å². The molecule has 0 radical (unpaired) electrons. The van der Waals surface area contributed by atoms with Gasteiger partial charge in [0.05, 0.1) is 12.0 Å². The van der Waals surface area contributed by atoms with Crippen molar-refractivity contribution in [1.29, 1.82) is 0 Å². The van der Waals surface area contributed by atoms with Gasteiger partial charge >= 0.3 is 0 Å². The molecule has 0 bridgehead atoms. The molecule has 2 aromatic heterocycles. The first-order chi connectivity index (χ1) is 9.52. The van der Waals surface area contributed by atoms with Crippen molar-refractivity contribution in [2.24, 2.45) is 0 Å². The summed E-state index contributed by atoms with van der Waals surface area (Å²) >= 11 is 0. The summed E-state index contributed by atoms with van der Waals surface area (Å²) in [6, 6.07) is 4.77. The van der Waals surface area contributed by atoms with Crippen LogP contribution in [-0.4, -0.2) is 38.8 Å². The van der Waals surface area contributed by atoms with Gasteiger partial charge in [-0.15, -0.1) is 0 Å². The molecule has 2 rings (SSSR count). The van der Waals surface area contributed by atoms with Gasteiger partial charge in [-0.3, -0.25) is 4.79 Å². The molecule has 20 heavy (non-hydrogen) atoms. The van der Waals surface area contributed by atoms with Gasteiger partial charge in [0, 0.05) is 12.6 Å². The zero-order chi connectivity index (χ0) is 14.6. The normalized spacial score (nSPS) is 11.4. The number of carbonyl (C=O) groups is 1. The van der Waals surface area contributed by atoms with Crippen molar-refractivity contribution in [3.8, 4) is 11.5 Å². The van der Waals surface area contributed by atoms with Crippen molar-refractivity contribution in [3.63, 3.8) is 0 Å². The SMILES string of the molecule is CNS(=O)(=O)CCNC(=O)c1cc(-c2ccco2)on1. The largest absolute Gasteiger partial charge is 0.461 e. The summed E-state index contributed by atoms with van der Waals surface area (Å²) < 4.78 is 34.6. The number of rotatable bonds is 6. The third-order valence-electron chi connectivity index (χ3n) is 2.47. The zero-order valence-corrected chi connectivity index (χ0v) is 11.4. The molecule has 0 fully saturated rings. The minimum absolute atomic E-state index is 0.0229. The number of aromatic nitrogens is 1. The maximum absolute atomic E-state index is 11.7. The Hall–Kier alpha value is -2.13. The summed E-state index contributed by atoms with van der Waals surface area (Å²) in [5.41, 5.74) is 0.0539. The van der Waals surface area contributed by atoms with Gasteiger partial charge in [-0.2, -0.15) is 0 Å². The van der Waals surface area contributed by atoms with Crippen LogP contribution in [0.2, 0.25) is 0 Å². The lowest BCUT2D eigenvalue weighted by molar-refractivity contribution is 0.0947. The molecule has 0 aliphatic carbocycles. The Balaban J connectivity index is 1.94. The van der Waals surface area contributed by atoms with E-state index in [9.17, 15) is 13.2 Å². The van der Waals surface area contributed by atoms with E-state index in [0.717, 1.165) is 0 Å². The van der Waals surface area contributed by atoms with E-state index in [1.54, 1.807) is 12.1 Å². The zero-order valence-electron chi connectivity index (χ0n) is 10.6. The number of carbonyl (C=O) groups excluding carboxylic acids is 1. The fourth-order valence-electron chi connectivity index (χ4n) is 1.41. The highest BCUT2D eigenvalue weighted by molar-refractivity contribution is 7.89. The minimum atomic E-state index is -3.35. The monoisotopic (exact) mass is 299 g/mol. The fourth-order valence-corrected chi connectivity index (χ4v) is 1.98. The molecule has 2 heterocycles. The van der Waals surface area contributed by atoms with Crippen LogP contribution < -0.4 is 10.0 Å². The molecule has 108 valence electrons. The van der Waals surface area contributed by atoms with E-state index in [0.29, 0.717) is 11.5 Å².